The summed E-state index contributed by atoms with van der Waals surface area (Å²) in [6.45, 7) is 9.17. The highest BCUT2D eigenvalue weighted by molar-refractivity contribution is 6.00. The van der Waals surface area contributed by atoms with E-state index in [1.165, 1.54) is 12.1 Å². The number of ether oxygens (including phenoxy) is 1. The predicted molar refractivity (Wildman–Crippen MR) is 125 cm³/mol. The van der Waals surface area contributed by atoms with Crippen LogP contribution >= 0.6 is 0 Å². The lowest BCUT2D eigenvalue weighted by Crippen LogP contribution is -2.51. The Morgan fingerprint density at radius 3 is 2.21 bits per heavy atom. The van der Waals surface area contributed by atoms with Crippen LogP contribution < -0.4 is 4.74 Å². The van der Waals surface area contributed by atoms with Crippen LogP contribution in [-0.4, -0.2) is 35.6 Å². The minimum atomic E-state index is -4.39. The quantitative estimate of drug-likeness (QED) is 0.467. The van der Waals surface area contributed by atoms with Crippen molar-refractivity contribution in [2.24, 2.45) is 5.92 Å². The van der Waals surface area contributed by atoms with Crippen LogP contribution in [0, 0.1) is 5.92 Å². The predicted octanol–water partition coefficient (Wildman–Crippen LogP) is 6.77. The van der Waals surface area contributed by atoms with E-state index in [1.54, 1.807) is 35.2 Å². The van der Waals surface area contributed by atoms with Gasteiger partial charge in [-0.1, -0.05) is 39.8 Å². The van der Waals surface area contributed by atoms with Gasteiger partial charge < -0.3 is 14.7 Å². The van der Waals surface area contributed by atoms with Crippen molar-refractivity contribution < 1.29 is 27.8 Å². The lowest BCUT2D eigenvalue weighted by molar-refractivity contribution is -0.137. The Morgan fingerprint density at radius 1 is 1.00 bits per heavy atom. The van der Waals surface area contributed by atoms with Crippen LogP contribution in [0.4, 0.5) is 13.2 Å². The molecule has 4 rings (SSSR count). The van der Waals surface area contributed by atoms with E-state index in [-0.39, 0.29) is 18.4 Å². The molecule has 0 saturated carbocycles. The molecular weight excluding hydrogens is 431 g/mol. The van der Waals surface area contributed by atoms with E-state index in [2.05, 4.69) is 0 Å². The van der Waals surface area contributed by atoms with Crippen molar-refractivity contribution in [1.82, 2.24) is 4.90 Å². The summed E-state index contributed by atoms with van der Waals surface area (Å²) in [6, 6.07) is 15.1. The zero-order valence-electron chi connectivity index (χ0n) is 19.3. The number of aliphatic hydroxyl groups excluding tert-OH is 1. The first-order valence-electron chi connectivity index (χ1n) is 11.1. The molecule has 0 atom stereocenters. The van der Waals surface area contributed by atoms with Gasteiger partial charge in [0.25, 0.3) is 5.91 Å². The average Bonchev–Trinajstić information content (AvgIpc) is 2.80. The summed E-state index contributed by atoms with van der Waals surface area (Å²) in [4.78, 5) is 14.2. The van der Waals surface area contributed by atoms with Gasteiger partial charge in [-0.05, 0) is 53.9 Å². The Hall–Kier alpha value is -3.06. The van der Waals surface area contributed by atoms with Crippen LogP contribution in [0.15, 0.2) is 60.7 Å². The van der Waals surface area contributed by atoms with Crippen LogP contribution in [0.25, 0.3) is 10.8 Å². The smallest absolute Gasteiger partial charge is 0.416 e. The normalized spacial score (nSPS) is 13.3. The molecule has 3 aromatic carbocycles. The molecule has 4 nitrogen and oxygen atoms in total. The average molecular weight is 462 g/mol. The first kappa shape index (κ1) is 26.2. The van der Waals surface area contributed by atoms with E-state index in [9.17, 15) is 18.0 Å². The number of nitrogens with zero attached hydrogens (tertiary/aromatic N) is 1. The van der Waals surface area contributed by atoms with Crippen molar-refractivity contribution >= 4 is 16.7 Å². The van der Waals surface area contributed by atoms with E-state index < -0.39 is 11.7 Å². The van der Waals surface area contributed by atoms with E-state index in [1.807, 2.05) is 33.8 Å². The molecule has 0 spiro atoms. The van der Waals surface area contributed by atoms with Gasteiger partial charge in [-0.25, -0.2) is 0 Å². The highest BCUT2D eigenvalue weighted by Gasteiger charge is 2.31. The molecule has 0 radical (unpaired) electrons. The molecule has 1 amide bonds. The minimum absolute atomic E-state index is 0.0755. The fourth-order valence-electron chi connectivity index (χ4n) is 3.35. The maximum absolute atomic E-state index is 12.7. The Labute approximate surface area is 192 Å². The molecule has 178 valence electrons. The standard InChI is InChI=1S/C22H18F3NO3.2C2H6/c23-22(24,25)17-5-7-18(8-6-17)29-20-3-1-2-15-10-16(4-9-19(15)20)21(28)26-11-14(12-26)13-27;2*1-2/h1-10,14,27H,11-13H2;2*1-2H3. The second kappa shape index (κ2) is 11.7. The molecule has 7 heteroatoms. The number of benzene rings is 3. The Kier molecular flexibility index (Phi) is 9.29. The van der Waals surface area contributed by atoms with Gasteiger partial charge in [0.15, 0.2) is 0 Å². The lowest BCUT2D eigenvalue weighted by atomic mass is 9.99. The van der Waals surface area contributed by atoms with Crippen molar-refractivity contribution in [3.63, 3.8) is 0 Å². The third kappa shape index (κ3) is 6.26. The molecule has 0 bridgehead atoms. The largest absolute Gasteiger partial charge is 0.457 e. The Balaban J connectivity index is 0.000000914. The van der Waals surface area contributed by atoms with Gasteiger partial charge in [0.2, 0.25) is 0 Å². The van der Waals surface area contributed by atoms with Crippen molar-refractivity contribution in [1.29, 1.82) is 0 Å². The second-order valence-electron chi connectivity index (χ2n) is 7.07. The van der Waals surface area contributed by atoms with Gasteiger partial charge in [-0.15, -0.1) is 0 Å². The Morgan fingerprint density at radius 2 is 1.64 bits per heavy atom. The fourth-order valence-corrected chi connectivity index (χ4v) is 3.35. The molecule has 1 aliphatic rings. The molecule has 1 aliphatic heterocycles. The molecule has 0 aromatic heterocycles. The summed E-state index contributed by atoms with van der Waals surface area (Å²) in [7, 11) is 0. The van der Waals surface area contributed by atoms with E-state index >= 15 is 0 Å². The number of hydrogen-bond donors (Lipinski definition) is 1. The van der Waals surface area contributed by atoms with Crippen molar-refractivity contribution in [2.75, 3.05) is 19.7 Å². The number of halogens is 3. The molecule has 0 unspecified atom stereocenters. The highest BCUT2D eigenvalue weighted by atomic mass is 19.4. The van der Waals surface area contributed by atoms with E-state index in [0.717, 1.165) is 22.9 Å². The topological polar surface area (TPSA) is 49.8 Å². The number of likely N-dealkylation sites (tertiary alicyclic amines) is 1. The summed E-state index contributed by atoms with van der Waals surface area (Å²) < 4.78 is 43.9. The summed E-state index contributed by atoms with van der Waals surface area (Å²) in [5, 5.41) is 10.6. The van der Waals surface area contributed by atoms with E-state index in [0.29, 0.717) is 30.2 Å². The van der Waals surface area contributed by atoms with Crippen molar-refractivity contribution in [3.8, 4) is 11.5 Å². The van der Waals surface area contributed by atoms with Crippen LogP contribution in [0.1, 0.15) is 43.6 Å². The number of carbonyl (C=O) groups is 1. The van der Waals surface area contributed by atoms with Gasteiger partial charge >= 0.3 is 6.18 Å². The zero-order valence-corrected chi connectivity index (χ0v) is 19.3. The van der Waals surface area contributed by atoms with Gasteiger partial charge in [-0.2, -0.15) is 13.2 Å². The first-order chi connectivity index (χ1) is 15.8. The molecule has 1 fully saturated rings. The number of carbonyl (C=O) groups excluding carboxylic acids is 1. The third-order valence-corrected chi connectivity index (χ3v) is 5.00. The highest BCUT2D eigenvalue weighted by Crippen LogP contribution is 2.34. The molecule has 0 aliphatic carbocycles. The molecule has 1 saturated heterocycles. The maximum Gasteiger partial charge on any atom is 0.416 e. The molecule has 1 heterocycles. The van der Waals surface area contributed by atoms with Gasteiger partial charge in [0.05, 0.1) is 5.56 Å². The summed E-state index contributed by atoms with van der Waals surface area (Å²) in [5.74, 6) is 0.834. The molecule has 1 N–H and O–H groups in total. The monoisotopic (exact) mass is 461 g/mol. The first-order valence-corrected chi connectivity index (χ1v) is 11.1. The van der Waals surface area contributed by atoms with Gasteiger partial charge in [-0.3, -0.25) is 4.79 Å². The summed E-state index contributed by atoms with van der Waals surface area (Å²) in [6.07, 6.45) is -4.39. The summed E-state index contributed by atoms with van der Waals surface area (Å²) in [5.41, 5.74) is -0.194. The number of aliphatic hydroxyl groups is 1. The summed E-state index contributed by atoms with van der Waals surface area (Å²) >= 11 is 0. The SMILES string of the molecule is CC.CC.O=C(c1ccc2c(Oc3ccc(C(F)(F)F)cc3)cccc2c1)N1CC(CO)C1. The number of rotatable bonds is 4. The lowest BCUT2D eigenvalue weighted by Gasteiger charge is -2.38. The molecule has 33 heavy (non-hydrogen) atoms. The van der Waals surface area contributed by atoms with Crippen molar-refractivity contribution in [2.45, 2.75) is 33.9 Å². The molecular formula is C26H30F3NO3. The maximum atomic E-state index is 12.7. The van der Waals surface area contributed by atoms with E-state index in [4.69, 9.17) is 9.84 Å². The zero-order chi connectivity index (χ0) is 24.6. The fraction of sp³-hybridized carbons (Fsp3) is 0.346. The van der Waals surface area contributed by atoms with Crippen molar-refractivity contribution in [3.05, 3.63) is 71.8 Å². The Bertz CT molecular complexity index is 1040. The number of hydrogen-bond acceptors (Lipinski definition) is 3. The van der Waals surface area contributed by atoms with Crippen LogP contribution in [0.5, 0.6) is 11.5 Å². The number of fused-ring (bicyclic) bond motifs is 1. The number of alkyl halides is 3. The van der Waals surface area contributed by atoms with Gasteiger partial charge in [0.1, 0.15) is 11.5 Å². The second-order valence-corrected chi connectivity index (χ2v) is 7.07. The van der Waals surface area contributed by atoms with Gasteiger partial charge in [0, 0.05) is 36.6 Å². The van der Waals surface area contributed by atoms with Crippen LogP contribution in [-0.2, 0) is 6.18 Å². The molecule has 3 aromatic rings. The number of amides is 1. The third-order valence-electron chi connectivity index (χ3n) is 5.00. The van der Waals surface area contributed by atoms with Crippen LogP contribution in [0.2, 0.25) is 0 Å². The van der Waals surface area contributed by atoms with Crippen LogP contribution in [0.3, 0.4) is 0 Å². The minimum Gasteiger partial charge on any atom is -0.457 e.